The summed E-state index contributed by atoms with van der Waals surface area (Å²) in [6, 6.07) is 6.22. The van der Waals surface area contributed by atoms with E-state index in [1.54, 1.807) is 25.5 Å². The quantitative estimate of drug-likeness (QED) is 0.671. The minimum atomic E-state index is -3.54. The summed E-state index contributed by atoms with van der Waals surface area (Å²) in [7, 11) is -1.99. The lowest BCUT2D eigenvalue weighted by molar-refractivity contribution is -0.113. The number of rotatable bonds is 8. The van der Waals surface area contributed by atoms with E-state index >= 15 is 0 Å². The Labute approximate surface area is 164 Å². The molecule has 1 amide bonds. The Hall–Kier alpha value is -1.91. The molecule has 0 fully saturated rings. The Morgan fingerprint density at radius 2 is 1.85 bits per heavy atom. The van der Waals surface area contributed by atoms with Gasteiger partial charge in [0.05, 0.1) is 10.6 Å². The molecule has 0 bridgehead atoms. The highest BCUT2D eigenvalue weighted by Gasteiger charge is 2.22. The lowest BCUT2D eigenvalue weighted by atomic mass is 10.3. The number of benzene rings is 1. The van der Waals surface area contributed by atoms with E-state index in [-0.39, 0.29) is 28.6 Å². The van der Waals surface area contributed by atoms with Crippen LogP contribution in [0.1, 0.15) is 33.7 Å². The molecule has 0 spiro atoms. The molecule has 8 nitrogen and oxygen atoms in total. The summed E-state index contributed by atoms with van der Waals surface area (Å²) >= 11 is 1.30. The van der Waals surface area contributed by atoms with Crippen molar-refractivity contribution in [2.75, 3.05) is 18.1 Å². The fraction of sp³-hybridized carbons (Fsp3) is 0.471. The van der Waals surface area contributed by atoms with Crippen molar-refractivity contribution >= 4 is 33.4 Å². The number of carbonyl (C=O) groups is 1. The number of carbonyl (C=O) groups excluding carboxylic acids is 1. The third kappa shape index (κ3) is 5.30. The zero-order valence-electron chi connectivity index (χ0n) is 16.1. The maximum atomic E-state index is 12.4. The molecule has 0 aliphatic rings. The van der Waals surface area contributed by atoms with E-state index in [2.05, 4.69) is 15.5 Å². The van der Waals surface area contributed by atoms with Gasteiger partial charge in [0, 0.05) is 24.8 Å². The van der Waals surface area contributed by atoms with Gasteiger partial charge < -0.3 is 9.88 Å². The molecule has 0 aliphatic carbocycles. The molecular formula is C17H25N5O3S2. The summed E-state index contributed by atoms with van der Waals surface area (Å²) in [6.07, 6.45) is 1.64. The fourth-order valence-corrected chi connectivity index (χ4v) is 4.38. The molecule has 0 atom stereocenters. The van der Waals surface area contributed by atoms with Gasteiger partial charge >= 0.3 is 0 Å². The number of thioether (sulfide) groups is 1. The molecule has 27 heavy (non-hydrogen) atoms. The van der Waals surface area contributed by atoms with E-state index < -0.39 is 10.0 Å². The summed E-state index contributed by atoms with van der Waals surface area (Å²) in [5, 5.41) is 11.3. The molecule has 0 saturated heterocycles. The first-order valence-electron chi connectivity index (χ1n) is 8.53. The minimum absolute atomic E-state index is 0.140. The number of amides is 1. The first-order valence-corrected chi connectivity index (χ1v) is 11.0. The standard InChI is InChI=1S/C17H25N5O3S2/c1-12(2)21(5)27(24,25)15-8-6-14(7-9-15)19-16(23)10-26-17-20-18-11-22(17)13(3)4/h6-9,11-13H,10H2,1-5H3,(H,19,23). The second kappa shape index (κ2) is 8.85. The second-order valence-corrected chi connectivity index (χ2v) is 9.53. The minimum Gasteiger partial charge on any atom is -0.325 e. The van der Waals surface area contributed by atoms with Gasteiger partial charge in [-0.15, -0.1) is 10.2 Å². The van der Waals surface area contributed by atoms with Crippen molar-refractivity contribution in [3.8, 4) is 0 Å². The normalized spacial score (nSPS) is 12.1. The van der Waals surface area contributed by atoms with Crippen molar-refractivity contribution in [2.45, 2.75) is 49.8 Å². The molecule has 2 aromatic rings. The molecule has 148 valence electrons. The highest BCUT2D eigenvalue weighted by molar-refractivity contribution is 7.99. The lowest BCUT2D eigenvalue weighted by Crippen LogP contribution is -2.33. The molecule has 0 saturated carbocycles. The highest BCUT2D eigenvalue weighted by Crippen LogP contribution is 2.21. The average Bonchev–Trinajstić information content (AvgIpc) is 3.08. The Morgan fingerprint density at radius 1 is 1.22 bits per heavy atom. The van der Waals surface area contributed by atoms with Crippen LogP contribution in [0.2, 0.25) is 0 Å². The summed E-state index contributed by atoms with van der Waals surface area (Å²) in [6.45, 7) is 7.65. The van der Waals surface area contributed by atoms with Crippen molar-refractivity contribution < 1.29 is 13.2 Å². The number of nitrogens with one attached hydrogen (secondary N) is 1. The van der Waals surface area contributed by atoms with Gasteiger partial charge in [-0.1, -0.05) is 11.8 Å². The number of aromatic nitrogens is 3. The van der Waals surface area contributed by atoms with Gasteiger partial charge in [-0.2, -0.15) is 4.31 Å². The first-order chi connectivity index (χ1) is 12.6. The zero-order chi connectivity index (χ0) is 20.2. The van der Waals surface area contributed by atoms with Gasteiger partial charge in [-0.25, -0.2) is 8.42 Å². The molecule has 1 N–H and O–H groups in total. The van der Waals surface area contributed by atoms with Crippen LogP contribution >= 0.6 is 11.8 Å². The van der Waals surface area contributed by atoms with Crippen LogP contribution in [-0.4, -0.2) is 52.2 Å². The van der Waals surface area contributed by atoms with Gasteiger partial charge in [-0.05, 0) is 52.0 Å². The Balaban J connectivity index is 1.98. The molecule has 1 heterocycles. The number of anilines is 1. The van der Waals surface area contributed by atoms with Crippen LogP contribution in [0.25, 0.3) is 0 Å². The first kappa shape index (κ1) is 21.4. The van der Waals surface area contributed by atoms with Crippen LogP contribution < -0.4 is 5.32 Å². The molecule has 1 aromatic heterocycles. The Kier molecular flexibility index (Phi) is 7.01. The van der Waals surface area contributed by atoms with Crippen LogP contribution in [0.3, 0.4) is 0 Å². The van der Waals surface area contributed by atoms with Crippen LogP contribution in [0.15, 0.2) is 40.6 Å². The number of nitrogens with zero attached hydrogens (tertiary/aromatic N) is 4. The van der Waals surface area contributed by atoms with E-state index in [1.165, 1.54) is 28.2 Å². The molecule has 0 aliphatic heterocycles. The van der Waals surface area contributed by atoms with Crippen LogP contribution in [0, 0.1) is 0 Å². The molecule has 0 unspecified atom stereocenters. The van der Waals surface area contributed by atoms with Gasteiger partial charge in [-0.3, -0.25) is 4.79 Å². The predicted molar refractivity (Wildman–Crippen MR) is 106 cm³/mol. The summed E-state index contributed by atoms with van der Waals surface area (Å²) in [5.41, 5.74) is 0.539. The fourth-order valence-electron chi connectivity index (χ4n) is 2.17. The van der Waals surface area contributed by atoms with Crippen molar-refractivity contribution in [2.24, 2.45) is 0 Å². The monoisotopic (exact) mass is 411 g/mol. The predicted octanol–water partition coefficient (Wildman–Crippen LogP) is 2.62. The van der Waals surface area contributed by atoms with Gasteiger partial charge in [0.2, 0.25) is 15.9 Å². The maximum Gasteiger partial charge on any atom is 0.243 e. The average molecular weight is 412 g/mol. The van der Waals surface area contributed by atoms with E-state index in [4.69, 9.17) is 0 Å². The molecule has 1 aromatic carbocycles. The van der Waals surface area contributed by atoms with Crippen molar-refractivity contribution in [1.82, 2.24) is 19.1 Å². The summed E-state index contributed by atoms with van der Waals surface area (Å²) in [5.74, 6) is -0.0186. The molecule has 10 heteroatoms. The smallest absolute Gasteiger partial charge is 0.243 e. The molecular weight excluding hydrogens is 386 g/mol. The van der Waals surface area contributed by atoms with E-state index in [0.717, 1.165) is 0 Å². The topological polar surface area (TPSA) is 97.2 Å². The Morgan fingerprint density at radius 3 is 2.41 bits per heavy atom. The lowest BCUT2D eigenvalue weighted by Gasteiger charge is -2.21. The van der Waals surface area contributed by atoms with Crippen molar-refractivity contribution in [1.29, 1.82) is 0 Å². The molecule has 0 radical (unpaired) electrons. The SMILES string of the molecule is CC(C)N(C)S(=O)(=O)c1ccc(NC(=O)CSc2nncn2C(C)C)cc1. The molecule has 2 rings (SSSR count). The third-order valence-corrected chi connectivity index (χ3v) is 6.98. The number of hydrogen-bond acceptors (Lipinski definition) is 6. The Bertz CT molecular complexity index is 876. The highest BCUT2D eigenvalue weighted by atomic mass is 32.2. The van der Waals surface area contributed by atoms with Gasteiger partial charge in [0.15, 0.2) is 5.16 Å². The van der Waals surface area contributed by atoms with Gasteiger partial charge in [0.1, 0.15) is 6.33 Å². The van der Waals surface area contributed by atoms with Crippen molar-refractivity contribution in [3.05, 3.63) is 30.6 Å². The van der Waals surface area contributed by atoms with Crippen LogP contribution in [0.4, 0.5) is 5.69 Å². The van der Waals surface area contributed by atoms with E-state index in [1.807, 2.05) is 32.3 Å². The van der Waals surface area contributed by atoms with Crippen LogP contribution in [0.5, 0.6) is 0 Å². The summed E-state index contributed by atoms with van der Waals surface area (Å²) < 4.78 is 28.1. The van der Waals surface area contributed by atoms with Crippen molar-refractivity contribution in [3.63, 3.8) is 0 Å². The van der Waals surface area contributed by atoms with Crippen LogP contribution in [-0.2, 0) is 14.8 Å². The largest absolute Gasteiger partial charge is 0.325 e. The number of hydrogen-bond donors (Lipinski definition) is 1. The number of sulfonamides is 1. The summed E-state index contributed by atoms with van der Waals surface area (Å²) in [4.78, 5) is 12.3. The van der Waals surface area contributed by atoms with Gasteiger partial charge in [0.25, 0.3) is 0 Å². The second-order valence-electron chi connectivity index (χ2n) is 6.59. The zero-order valence-corrected chi connectivity index (χ0v) is 17.7. The third-order valence-electron chi connectivity index (χ3n) is 3.97. The van der Waals surface area contributed by atoms with E-state index in [9.17, 15) is 13.2 Å². The maximum absolute atomic E-state index is 12.4. The van der Waals surface area contributed by atoms with E-state index in [0.29, 0.717) is 10.8 Å².